The van der Waals surface area contributed by atoms with Gasteiger partial charge < -0.3 is 19.7 Å². The fraction of sp³-hybridized carbons (Fsp3) is 0.632. The number of guanidine groups is 1. The maximum absolute atomic E-state index is 12.2. The van der Waals surface area contributed by atoms with E-state index in [0.717, 1.165) is 23.8 Å². The molecule has 0 atom stereocenters. The molecule has 2 rings (SSSR count). The van der Waals surface area contributed by atoms with Crippen molar-refractivity contribution < 1.29 is 17.9 Å². The second kappa shape index (κ2) is 11.2. The van der Waals surface area contributed by atoms with Crippen molar-refractivity contribution in [3.63, 3.8) is 0 Å². The van der Waals surface area contributed by atoms with Crippen molar-refractivity contribution in [1.29, 1.82) is 0 Å². The van der Waals surface area contributed by atoms with E-state index >= 15 is 0 Å². The van der Waals surface area contributed by atoms with Gasteiger partial charge in [0.05, 0.1) is 23.7 Å². The van der Waals surface area contributed by atoms with Crippen molar-refractivity contribution in [2.24, 2.45) is 4.99 Å². The van der Waals surface area contributed by atoms with Crippen LogP contribution in [0.15, 0.2) is 29.3 Å². The highest BCUT2D eigenvalue weighted by Gasteiger charge is 2.40. The normalized spacial score (nSPS) is 18.3. The molecule has 0 aliphatic carbocycles. The molecule has 9 heteroatoms. The number of methoxy groups -OCH3 is 1. The third-order valence-corrected chi connectivity index (χ3v) is 7.10. The number of aliphatic imine (C=N–C) groups is 1. The predicted octanol–water partition coefficient (Wildman–Crippen LogP) is 2.30. The lowest BCUT2D eigenvalue weighted by molar-refractivity contribution is 0.146. The molecule has 1 aromatic rings. The smallest absolute Gasteiger partial charge is 0.194 e. The van der Waals surface area contributed by atoms with Crippen molar-refractivity contribution in [3.8, 4) is 5.75 Å². The fourth-order valence-corrected chi connectivity index (χ4v) is 4.22. The molecule has 1 N–H and O–H groups in total. The molecule has 0 bridgehead atoms. The van der Waals surface area contributed by atoms with Crippen LogP contribution < -0.4 is 10.1 Å². The third-order valence-electron chi connectivity index (χ3n) is 4.57. The zero-order chi connectivity index (χ0) is 19.9. The van der Waals surface area contributed by atoms with E-state index in [9.17, 15) is 8.42 Å². The van der Waals surface area contributed by atoms with Crippen LogP contribution in [0.3, 0.4) is 0 Å². The van der Waals surface area contributed by atoms with Crippen molar-refractivity contribution in [2.45, 2.75) is 32.1 Å². The summed E-state index contributed by atoms with van der Waals surface area (Å²) in [4.78, 5) is 6.74. The summed E-state index contributed by atoms with van der Waals surface area (Å²) < 4.78 is 34.2. The molecule has 0 amide bonds. The van der Waals surface area contributed by atoms with Crippen LogP contribution in [0.25, 0.3) is 0 Å². The lowest BCUT2D eigenvalue weighted by Crippen LogP contribution is -2.57. The molecule has 0 spiro atoms. The molecule has 0 unspecified atom stereocenters. The summed E-state index contributed by atoms with van der Waals surface area (Å²) in [5, 5.41) is 3.28. The number of ether oxygens (including phenoxy) is 2. The summed E-state index contributed by atoms with van der Waals surface area (Å²) in [7, 11) is -1.43. The minimum atomic E-state index is -3.07. The van der Waals surface area contributed by atoms with Crippen LogP contribution in [-0.4, -0.2) is 69.7 Å². The van der Waals surface area contributed by atoms with Gasteiger partial charge in [-0.1, -0.05) is 12.1 Å². The molecule has 0 aromatic heterocycles. The Bertz CT molecular complexity index is 736. The summed E-state index contributed by atoms with van der Waals surface area (Å²) in [6.07, 6.45) is 0. The molecule has 7 nitrogen and oxygen atoms in total. The summed E-state index contributed by atoms with van der Waals surface area (Å²) >= 11 is 0. The van der Waals surface area contributed by atoms with Gasteiger partial charge in [-0.3, -0.25) is 0 Å². The highest BCUT2D eigenvalue weighted by atomic mass is 127. The molecule has 160 valence electrons. The van der Waals surface area contributed by atoms with Gasteiger partial charge >= 0.3 is 0 Å². The molecule has 0 saturated carbocycles. The number of nitrogens with zero attached hydrogens (tertiary/aromatic N) is 2. The Kier molecular flexibility index (Phi) is 9.99. The quantitative estimate of drug-likeness (QED) is 0.255. The van der Waals surface area contributed by atoms with Gasteiger partial charge in [-0.2, -0.15) is 0 Å². The molecule has 28 heavy (non-hydrogen) atoms. The third kappa shape index (κ3) is 6.77. The average Bonchev–Trinajstić information content (AvgIpc) is 2.62. The molecule has 1 heterocycles. The van der Waals surface area contributed by atoms with E-state index in [2.05, 4.69) is 5.32 Å². The van der Waals surface area contributed by atoms with E-state index in [4.69, 9.17) is 14.5 Å². The Morgan fingerprint density at radius 3 is 2.50 bits per heavy atom. The van der Waals surface area contributed by atoms with Crippen molar-refractivity contribution in [2.75, 3.05) is 45.7 Å². The molecule has 0 radical (unpaired) electrons. The van der Waals surface area contributed by atoms with Crippen LogP contribution in [0.4, 0.5) is 0 Å². The van der Waals surface area contributed by atoms with Gasteiger partial charge in [0, 0.05) is 26.7 Å². The first-order chi connectivity index (χ1) is 12.8. The highest BCUT2D eigenvalue weighted by Crippen LogP contribution is 2.24. The monoisotopic (exact) mass is 525 g/mol. The van der Waals surface area contributed by atoms with Crippen LogP contribution in [0.5, 0.6) is 5.75 Å². The molecular weight excluding hydrogens is 493 g/mol. The second-order valence-corrected chi connectivity index (χ2v) is 9.90. The first-order valence-corrected chi connectivity index (χ1v) is 10.9. The van der Waals surface area contributed by atoms with Crippen LogP contribution >= 0.6 is 24.0 Å². The van der Waals surface area contributed by atoms with Gasteiger partial charge in [0.25, 0.3) is 0 Å². The number of sulfone groups is 1. The second-order valence-electron chi connectivity index (χ2n) is 7.16. The zero-order valence-corrected chi connectivity index (χ0v) is 20.2. The topological polar surface area (TPSA) is 80.2 Å². The largest absolute Gasteiger partial charge is 0.491 e. The standard InChI is InChI=1S/C19H31N3O4S.HI/c1-5-20-18(22-10-13-27(23,24)19(2,3)15-22)21-14-16-6-8-17(9-7-16)26-12-11-25-4;/h6-9H,5,10-15H2,1-4H3,(H,20,21);1H. The van der Waals surface area contributed by atoms with E-state index in [1.165, 1.54) is 0 Å². The molecule has 1 aliphatic heterocycles. The number of halogens is 1. The SMILES string of the molecule is CCNC(=NCc1ccc(OCCOC)cc1)N1CCS(=O)(=O)C(C)(C)C1.I. The minimum absolute atomic E-state index is 0. The Hall–Kier alpha value is -1.07. The van der Waals surface area contributed by atoms with E-state index in [0.29, 0.717) is 32.8 Å². The van der Waals surface area contributed by atoms with E-state index in [-0.39, 0.29) is 29.7 Å². The molecular formula is C19H32IN3O4S. The van der Waals surface area contributed by atoms with Gasteiger partial charge in [0.1, 0.15) is 12.4 Å². The Morgan fingerprint density at radius 1 is 1.25 bits per heavy atom. The van der Waals surface area contributed by atoms with E-state index < -0.39 is 14.6 Å². The number of benzene rings is 1. The van der Waals surface area contributed by atoms with Gasteiger partial charge in [-0.15, -0.1) is 24.0 Å². The van der Waals surface area contributed by atoms with Crippen LogP contribution in [0, 0.1) is 0 Å². The zero-order valence-electron chi connectivity index (χ0n) is 17.1. The average molecular weight is 525 g/mol. The molecule has 1 fully saturated rings. The molecule has 1 saturated heterocycles. The lowest BCUT2D eigenvalue weighted by Gasteiger charge is -2.39. The van der Waals surface area contributed by atoms with Gasteiger partial charge in [0.15, 0.2) is 15.8 Å². The molecule has 1 aliphatic rings. The summed E-state index contributed by atoms with van der Waals surface area (Å²) in [6.45, 7) is 8.79. The Balaban J connectivity index is 0.00000392. The lowest BCUT2D eigenvalue weighted by atomic mass is 10.2. The predicted molar refractivity (Wildman–Crippen MR) is 123 cm³/mol. The number of hydrogen-bond donors (Lipinski definition) is 1. The Morgan fingerprint density at radius 2 is 1.93 bits per heavy atom. The fourth-order valence-electron chi connectivity index (χ4n) is 2.85. The highest BCUT2D eigenvalue weighted by molar-refractivity contribution is 14.0. The van der Waals surface area contributed by atoms with E-state index in [1.54, 1.807) is 21.0 Å². The minimum Gasteiger partial charge on any atom is -0.491 e. The first-order valence-electron chi connectivity index (χ1n) is 9.25. The maximum atomic E-state index is 12.2. The van der Waals surface area contributed by atoms with Gasteiger partial charge in [0.2, 0.25) is 0 Å². The van der Waals surface area contributed by atoms with Crippen LogP contribution in [-0.2, 0) is 21.1 Å². The van der Waals surface area contributed by atoms with Crippen LogP contribution in [0.1, 0.15) is 26.3 Å². The maximum Gasteiger partial charge on any atom is 0.194 e. The van der Waals surface area contributed by atoms with E-state index in [1.807, 2.05) is 36.1 Å². The number of rotatable bonds is 7. The van der Waals surface area contributed by atoms with Crippen molar-refractivity contribution in [3.05, 3.63) is 29.8 Å². The summed E-state index contributed by atoms with van der Waals surface area (Å²) in [6, 6.07) is 7.81. The van der Waals surface area contributed by atoms with Gasteiger partial charge in [-0.25, -0.2) is 13.4 Å². The number of hydrogen-bond acceptors (Lipinski definition) is 5. The molecule has 1 aromatic carbocycles. The van der Waals surface area contributed by atoms with Crippen molar-refractivity contribution >= 4 is 39.8 Å². The first kappa shape index (κ1) is 25.0. The Labute approximate surface area is 185 Å². The number of nitrogens with one attached hydrogen (secondary N) is 1. The van der Waals surface area contributed by atoms with Gasteiger partial charge in [-0.05, 0) is 38.5 Å². The summed E-state index contributed by atoms with van der Waals surface area (Å²) in [5.74, 6) is 1.70. The summed E-state index contributed by atoms with van der Waals surface area (Å²) in [5.41, 5.74) is 1.06. The van der Waals surface area contributed by atoms with Crippen LogP contribution in [0.2, 0.25) is 0 Å². The van der Waals surface area contributed by atoms with Crippen molar-refractivity contribution in [1.82, 2.24) is 10.2 Å².